The number of nitrogens with zero attached hydrogens (tertiary/aromatic N) is 1. The van der Waals surface area contributed by atoms with E-state index in [9.17, 15) is 18.0 Å². The molecule has 0 radical (unpaired) electrons. The SMILES string of the molecule is CCc1ccc2c(c1)cc(S(=O)(=O)c1ccccc1)c(=O)n2CC(=O)NC(C)CC. The van der Waals surface area contributed by atoms with Crippen molar-refractivity contribution in [2.45, 2.75) is 56.0 Å². The lowest BCUT2D eigenvalue weighted by Crippen LogP contribution is -2.38. The highest BCUT2D eigenvalue weighted by molar-refractivity contribution is 7.91. The second-order valence-corrected chi connectivity index (χ2v) is 9.26. The molecule has 0 saturated heterocycles. The van der Waals surface area contributed by atoms with Crippen LogP contribution in [0.4, 0.5) is 0 Å². The average Bonchev–Trinajstić information content (AvgIpc) is 2.75. The number of amides is 1. The summed E-state index contributed by atoms with van der Waals surface area (Å²) in [4.78, 5) is 25.5. The van der Waals surface area contributed by atoms with Gasteiger partial charge in [0, 0.05) is 11.4 Å². The Hall–Kier alpha value is -2.93. The maximum absolute atomic E-state index is 13.3. The molecule has 0 aliphatic carbocycles. The fourth-order valence-electron chi connectivity index (χ4n) is 3.27. The summed E-state index contributed by atoms with van der Waals surface area (Å²) in [5.74, 6) is -0.332. The Morgan fingerprint density at radius 1 is 1.07 bits per heavy atom. The molecule has 0 saturated carbocycles. The number of hydrogen-bond donors (Lipinski definition) is 1. The summed E-state index contributed by atoms with van der Waals surface area (Å²) in [7, 11) is -4.03. The van der Waals surface area contributed by atoms with Gasteiger partial charge in [0.1, 0.15) is 11.4 Å². The maximum atomic E-state index is 13.3. The second-order valence-electron chi connectivity index (χ2n) is 7.34. The smallest absolute Gasteiger partial charge is 0.270 e. The zero-order chi connectivity index (χ0) is 21.9. The number of sulfone groups is 1. The Morgan fingerprint density at radius 2 is 1.77 bits per heavy atom. The van der Waals surface area contributed by atoms with E-state index >= 15 is 0 Å². The number of carbonyl (C=O) groups excluding carboxylic acids is 1. The molecule has 3 aromatic rings. The summed E-state index contributed by atoms with van der Waals surface area (Å²) in [5.41, 5.74) is 0.846. The first-order valence-corrected chi connectivity index (χ1v) is 11.5. The van der Waals surface area contributed by atoms with Crippen molar-refractivity contribution >= 4 is 26.6 Å². The summed E-state index contributed by atoms with van der Waals surface area (Å²) >= 11 is 0. The number of rotatable bonds is 7. The number of aryl methyl sites for hydroxylation is 1. The predicted molar refractivity (Wildman–Crippen MR) is 117 cm³/mol. The summed E-state index contributed by atoms with van der Waals surface area (Å²) in [6.45, 7) is 5.58. The Balaban J connectivity index is 2.23. The molecule has 2 aromatic carbocycles. The molecule has 30 heavy (non-hydrogen) atoms. The Kier molecular flexibility index (Phi) is 6.41. The van der Waals surface area contributed by atoms with Gasteiger partial charge >= 0.3 is 0 Å². The highest BCUT2D eigenvalue weighted by atomic mass is 32.2. The molecular formula is C23H26N2O4S. The van der Waals surface area contributed by atoms with Crippen molar-refractivity contribution in [1.82, 2.24) is 9.88 Å². The molecule has 0 aliphatic heterocycles. The minimum Gasteiger partial charge on any atom is -0.352 e. The number of pyridine rings is 1. The third-order valence-corrected chi connectivity index (χ3v) is 6.96. The normalized spacial score (nSPS) is 12.6. The van der Waals surface area contributed by atoms with Gasteiger partial charge in [-0.3, -0.25) is 14.2 Å². The van der Waals surface area contributed by atoms with Gasteiger partial charge in [-0.2, -0.15) is 0 Å². The van der Waals surface area contributed by atoms with Crippen LogP contribution < -0.4 is 10.9 Å². The lowest BCUT2D eigenvalue weighted by atomic mass is 10.1. The van der Waals surface area contributed by atoms with E-state index in [0.717, 1.165) is 18.4 Å². The number of carbonyl (C=O) groups is 1. The molecule has 7 heteroatoms. The third kappa shape index (κ3) is 4.31. The average molecular weight is 427 g/mol. The van der Waals surface area contributed by atoms with Crippen LogP contribution in [-0.2, 0) is 27.6 Å². The number of hydrogen-bond acceptors (Lipinski definition) is 4. The van der Waals surface area contributed by atoms with Crippen LogP contribution in [0.5, 0.6) is 0 Å². The molecule has 0 aliphatic rings. The van der Waals surface area contributed by atoms with E-state index in [2.05, 4.69) is 5.32 Å². The standard InChI is InChI=1S/C23H26N2O4S/c1-4-16(3)24-22(26)15-25-20-12-11-17(5-2)13-18(20)14-21(23(25)27)30(28,29)19-9-7-6-8-10-19/h6-14,16H,4-5,15H2,1-3H3,(H,24,26). The molecule has 0 spiro atoms. The van der Waals surface area contributed by atoms with Gasteiger partial charge in [0.15, 0.2) is 0 Å². The van der Waals surface area contributed by atoms with Gasteiger partial charge in [0.25, 0.3) is 5.56 Å². The van der Waals surface area contributed by atoms with E-state index in [4.69, 9.17) is 0 Å². The van der Waals surface area contributed by atoms with E-state index < -0.39 is 15.4 Å². The summed E-state index contributed by atoms with van der Waals surface area (Å²) in [5, 5.41) is 3.45. The second kappa shape index (κ2) is 8.83. The molecular weight excluding hydrogens is 400 g/mol. The van der Waals surface area contributed by atoms with E-state index in [-0.39, 0.29) is 28.3 Å². The lowest BCUT2D eigenvalue weighted by Gasteiger charge is -2.16. The van der Waals surface area contributed by atoms with Crippen LogP contribution in [0.1, 0.15) is 32.8 Å². The minimum atomic E-state index is -4.03. The predicted octanol–water partition coefficient (Wildman–Crippen LogP) is 3.31. The van der Waals surface area contributed by atoms with Crippen molar-refractivity contribution in [1.29, 1.82) is 0 Å². The third-order valence-electron chi connectivity index (χ3n) is 5.20. The molecule has 0 bridgehead atoms. The van der Waals surface area contributed by atoms with Crippen molar-refractivity contribution in [2.75, 3.05) is 0 Å². The van der Waals surface area contributed by atoms with Crippen LogP contribution in [0.3, 0.4) is 0 Å². The van der Waals surface area contributed by atoms with E-state index in [0.29, 0.717) is 10.9 Å². The molecule has 1 amide bonds. The van der Waals surface area contributed by atoms with Crippen LogP contribution in [0, 0.1) is 0 Å². The van der Waals surface area contributed by atoms with Crippen molar-refractivity contribution in [3.05, 3.63) is 70.5 Å². The zero-order valence-electron chi connectivity index (χ0n) is 17.4. The van der Waals surface area contributed by atoms with Gasteiger partial charge in [-0.1, -0.05) is 38.1 Å². The first kappa shape index (κ1) is 21.8. The zero-order valence-corrected chi connectivity index (χ0v) is 18.2. The molecule has 1 atom stereocenters. The van der Waals surface area contributed by atoms with Crippen LogP contribution in [0.2, 0.25) is 0 Å². The first-order valence-electron chi connectivity index (χ1n) is 10.0. The van der Waals surface area contributed by atoms with E-state index in [1.165, 1.54) is 22.8 Å². The van der Waals surface area contributed by atoms with Crippen LogP contribution >= 0.6 is 0 Å². The number of benzene rings is 2. The molecule has 1 unspecified atom stereocenters. The summed E-state index contributed by atoms with van der Waals surface area (Å²) in [6, 6.07) is 14.8. The van der Waals surface area contributed by atoms with Gasteiger partial charge in [-0.25, -0.2) is 8.42 Å². The van der Waals surface area contributed by atoms with Crippen LogP contribution in [0.25, 0.3) is 10.9 Å². The van der Waals surface area contributed by atoms with Gasteiger partial charge in [-0.15, -0.1) is 0 Å². The summed E-state index contributed by atoms with van der Waals surface area (Å²) < 4.78 is 27.7. The minimum absolute atomic E-state index is 0.0394. The first-order chi connectivity index (χ1) is 14.3. The fraction of sp³-hybridized carbons (Fsp3) is 0.304. The van der Waals surface area contributed by atoms with Gasteiger partial charge in [-0.05, 0) is 55.7 Å². The van der Waals surface area contributed by atoms with Crippen molar-refractivity contribution < 1.29 is 13.2 Å². The van der Waals surface area contributed by atoms with Crippen LogP contribution in [-0.4, -0.2) is 24.9 Å². The monoisotopic (exact) mass is 426 g/mol. The quantitative estimate of drug-likeness (QED) is 0.628. The Bertz CT molecular complexity index is 1230. The molecule has 0 fully saturated rings. The van der Waals surface area contributed by atoms with Gasteiger partial charge < -0.3 is 5.32 Å². The van der Waals surface area contributed by atoms with Crippen molar-refractivity contribution in [2.24, 2.45) is 0 Å². The molecule has 1 N–H and O–H groups in total. The highest BCUT2D eigenvalue weighted by Gasteiger charge is 2.24. The van der Waals surface area contributed by atoms with Gasteiger partial charge in [0.05, 0.1) is 10.4 Å². The highest BCUT2D eigenvalue weighted by Crippen LogP contribution is 2.23. The van der Waals surface area contributed by atoms with E-state index in [1.807, 2.05) is 32.9 Å². The molecule has 1 heterocycles. The van der Waals surface area contributed by atoms with Gasteiger partial charge in [0.2, 0.25) is 15.7 Å². The number of aromatic nitrogens is 1. The largest absolute Gasteiger partial charge is 0.352 e. The van der Waals surface area contributed by atoms with Crippen LogP contribution in [0.15, 0.2) is 69.2 Å². The van der Waals surface area contributed by atoms with E-state index in [1.54, 1.807) is 24.3 Å². The topological polar surface area (TPSA) is 85.2 Å². The Morgan fingerprint density at radius 3 is 2.40 bits per heavy atom. The van der Waals surface area contributed by atoms with Crippen molar-refractivity contribution in [3.8, 4) is 0 Å². The Labute approximate surface area is 176 Å². The molecule has 3 rings (SSSR count). The summed E-state index contributed by atoms with van der Waals surface area (Å²) in [6.07, 6.45) is 1.52. The number of fused-ring (bicyclic) bond motifs is 1. The maximum Gasteiger partial charge on any atom is 0.270 e. The van der Waals surface area contributed by atoms with Crippen molar-refractivity contribution in [3.63, 3.8) is 0 Å². The molecule has 6 nitrogen and oxygen atoms in total. The molecule has 158 valence electrons. The fourth-order valence-corrected chi connectivity index (χ4v) is 4.66. The lowest BCUT2D eigenvalue weighted by molar-refractivity contribution is -0.122. The number of nitrogens with one attached hydrogen (secondary N) is 1. The molecule has 1 aromatic heterocycles.